The van der Waals surface area contributed by atoms with Crippen molar-refractivity contribution in [1.82, 2.24) is 9.78 Å². The number of benzene rings is 2. The number of aryl methyl sites for hydroxylation is 1. The third-order valence-electron chi connectivity index (χ3n) is 4.34. The highest BCUT2D eigenvalue weighted by atomic mass is 35.5. The highest BCUT2D eigenvalue weighted by Gasteiger charge is 2.21. The van der Waals surface area contributed by atoms with Crippen molar-refractivity contribution in [1.29, 1.82) is 5.26 Å². The first-order chi connectivity index (χ1) is 14.7. The number of hydrogen-bond acceptors (Lipinski definition) is 6. The van der Waals surface area contributed by atoms with Gasteiger partial charge in [0.1, 0.15) is 11.6 Å². The highest BCUT2D eigenvalue weighted by molar-refractivity contribution is 6.32. The van der Waals surface area contributed by atoms with Crippen LogP contribution in [-0.4, -0.2) is 25.8 Å². The number of carbonyl (C=O) groups is 1. The summed E-state index contributed by atoms with van der Waals surface area (Å²) in [4.78, 5) is 35.0. The SMILES string of the molecule is Cc1ccc(-n2nc(C(=O)O)c(/C=C\c3cc([N+](=O)[O-])ccc3Cl)c(C#N)c2=O)cc1. The number of aromatic carboxylic acids is 1. The van der Waals surface area contributed by atoms with Crippen molar-refractivity contribution < 1.29 is 14.8 Å². The van der Waals surface area contributed by atoms with Crippen LogP contribution in [0.1, 0.15) is 32.7 Å². The van der Waals surface area contributed by atoms with Gasteiger partial charge in [-0.25, -0.2) is 4.79 Å². The second-order valence-electron chi connectivity index (χ2n) is 6.40. The topological polar surface area (TPSA) is 139 Å². The smallest absolute Gasteiger partial charge is 0.357 e. The molecule has 0 amide bonds. The maximum atomic E-state index is 12.8. The van der Waals surface area contributed by atoms with Crippen LogP contribution < -0.4 is 5.56 Å². The number of hydrogen-bond donors (Lipinski definition) is 1. The van der Waals surface area contributed by atoms with E-state index in [9.17, 15) is 30.1 Å². The zero-order valence-corrected chi connectivity index (χ0v) is 16.7. The lowest BCUT2D eigenvalue weighted by Gasteiger charge is -2.10. The zero-order chi connectivity index (χ0) is 22.7. The number of aromatic nitrogens is 2. The molecular weight excluding hydrogens is 424 g/mol. The average molecular weight is 437 g/mol. The van der Waals surface area contributed by atoms with Crippen molar-refractivity contribution in [2.24, 2.45) is 0 Å². The number of carboxylic acid groups (broad SMARTS) is 1. The minimum Gasteiger partial charge on any atom is -0.476 e. The van der Waals surface area contributed by atoms with Crippen LogP contribution in [0.15, 0.2) is 47.3 Å². The molecule has 1 aromatic heterocycles. The molecule has 0 saturated carbocycles. The first kappa shape index (κ1) is 21.4. The first-order valence-corrected chi connectivity index (χ1v) is 9.10. The van der Waals surface area contributed by atoms with Gasteiger partial charge in [-0.2, -0.15) is 15.0 Å². The summed E-state index contributed by atoms with van der Waals surface area (Å²) in [6, 6.07) is 12.0. The largest absolute Gasteiger partial charge is 0.476 e. The van der Waals surface area contributed by atoms with E-state index in [0.29, 0.717) is 5.69 Å². The molecule has 1 N–H and O–H groups in total. The van der Waals surface area contributed by atoms with Crippen molar-refractivity contribution >= 4 is 35.4 Å². The molecule has 31 heavy (non-hydrogen) atoms. The summed E-state index contributed by atoms with van der Waals surface area (Å²) in [5.74, 6) is -1.46. The maximum absolute atomic E-state index is 12.8. The minimum atomic E-state index is -1.46. The Bertz CT molecular complexity index is 1340. The Balaban J connectivity index is 2.21. The molecule has 10 heteroatoms. The highest BCUT2D eigenvalue weighted by Crippen LogP contribution is 2.25. The molecule has 0 unspecified atom stereocenters. The van der Waals surface area contributed by atoms with Gasteiger partial charge in [0.2, 0.25) is 0 Å². The fourth-order valence-electron chi connectivity index (χ4n) is 2.77. The summed E-state index contributed by atoms with van der Waals surface area (Å²) in [6.45, 7) is 1.84. The molecule has 0 atom stereocenters. The van der Waals surface area contributed by atoms with E-state index < -0.39 is 27.7 Å². The van der Waals surface area contributed by atoms with E-state index in [1.165, 1.54) is 30.4 Å². The quantitative estimate of drug-likeness (QED) is 0.473. The lowest BCUT2D eigenvalue weighted by atomic mass is 10.1. The van der Waals surface area contributed by atoms with Crippen LogP contribution in [-0.2, 0) is 0 Å². The predicted octanol–water partition coefficient (Wildman–Crippen LogP) is 3.84. The van der Waals surface area contributed by atoms with Gasteiger partial charge in [0.25, 0.3) is 11.2 Å². The van der Waals surface area contributed by atoms with Gasteiger partial charge in [-0.05, 0) is 30.7 Å². The number of non-ortho nitro benzene ring substituents is 1. The van der Waals surface area contributed by atoms with Gasteiger partial charge >= 0.3 is 5.97 Å². The van der Waals surface area contributed by atoms with Gasteiger partial charge in [0.05, 0.1) is 10.6 Å². The number of nitro groups is 1. The van der Waals surface area contributed by atoms with Crippen LogP contribution in [0.4, 0.5) is 5.69 Å². The van der Waals surface area contributed by atoms with E-state index in [1.807, 2.05) is 6.92 Å². The first-order valence-electron chi connectivity index (χ1n) is 8.72. The molecule has 0 aliphatic heterocycles. The van der Waals surface area contributed by atoms with Crippen molar-refractivity contribution in [3.8, 4) is 11.8 Å². The Morgan fingerprint density at radius 1 is 1.26 bits per heavy atom. The normalized spacial score (nSPS) is 10.7. The van der Waals surface area contributed by atoms with Crippen molar-refractivity contribution in [3.05, 3.63) is 95.9 Å². The molecule has 0 bridgehead atoms. The van der Waals surface area contributed by atoms with E-state index in [2.05, 4.69) is 5.10 Å². The molecule has 154 valence electrons. The van der Waals surface area contributed by atoms with E-state index >= 15 is 0 Å². The molecule has 0 fully saturated rings. The van der Waals surface area contributed by atoms with Gasteiger partial charge in [-0.15, -0.1) is 0 Å². The van der Waals surface area contributed by atoms with Crippen LogP contribution in [0.25, 0.3) is 17.8 Å². The number of rotatable bonds is 5. The van der Waals surface area contributed by atoms with Crippen LogP contribution >= 0.6 is 11.6 Å². The summed E-state index contributed by atoms with van der Waals surface area (Å²) >= 11 is 6.06. The summed E-state index contributed by atoms with van der Waals surface area (Å²) in [5, 5.41) is 34.3. The second kappa shape index (κ2) is 8.61. The summed E-state index contributed by atoms with van der Waals surface area (Å²) in [7, 11) is 0. The third kappa shape index (κ3) is 4.34. The van der Waals surface area contributed by atoms with Crippen LogP contribution in [0, 0.1) is 28.4 Å². The molecule has 9 nitrogen and oxygen atoms in total. The zero-order valence-electron chi connectivity index (χ0n) is 15.9. The standard InChI is InChI=1S/C21H13ClN4O5/c1-12-2-5-14(6-3-12)25-20(27)17(11-23)16(19(24-25)21(28)29)8-4-13-10-15(26(30)31)7-9-18(13)22/h2-10H,1H3,(H,28,29)/b8-4-. The third-order valence-corrected chi connectivity index (χ3v) is 4.69. The number of nitriles is 1. The lowest BCUT2D eigenvalue weighted by molar-refractivity contribution is -0.384. The number of nitro benzene ring substituents is 1. The molecule has 3 aromatic rings. The Labute approximate surface area is 180 Å². The predicted molar refractivity (Wildman–Crippen MR) is 113 cm³/mol. The van der Waals surface area contributed by atoms with E-state index in [0.717, 1.165) is 10.2 Å². The van der Waals surface area contributed by atoms with Gasteiger partial charge < -0.3 is 5.11 Å². The van der Waals surface area contributed by atoms with Gasteiger partial charge in [-0.3, -0.25) is 14.9 Å². The molecule has 0 aliphatic carbocycles. The number of carboxylic acids is 1. The Morgan fingerprint density at radius 2 is 1.94 bits per heavy atom. The van der Waals surface area contributed by atoms with E-state index in [4.69, 9.17) is 11.6 Å². The van der Waals surface area contributed by atoms with E-state index in [-0.39, 0.29) is 21.8 Å². The summed E-state index contributed by atoms with van der Waals surface area (Å²) in [6.07, 6.45) is 2.47. The number of nitrogens with zero attached hydrogens (tertiary/aromatic N) is 4. The maximum Gasteiger partial charge on any atom is 0.357 e. The van der Waals surface area contributed by atoms with E-state index in [1.54, 1.807) is 30.3 Å². The van der Waals surface area contributed by atoms with Crippen LogP contribution in [0.5, 0.6) is 0 Å². The fraction of sp³-hybridized carbons (Fsp3) is 0.0476. The van der Waals surface area contributed by atoms with Gasteiger partial charge in [0, 0.05) is 22.7 Å². The van der Waals surface area contributed by atoms with Gasteiger partial charge in [0.15, 0.2) is 5.69 Å². The lowest BCUT2D eigenvalue weighted by Crippen LogP contribution is -2.28. The average Bonchev–Trinajstić information content (AvgIpc) is 2.73. The van der Waals surface area contributed by atoms with Crippen molar-refractivity contribution in [3.63, 3.8) is 0 Å². The molecule has 3 rings (SSSR count). The van der Waals surface area contributed by atoms with Crippen molar-refractivity contribution in [2.75, 3.05) is 0 Å². The molecule has 0 saturated heterocycles. The van der Waals surface area contributed by atoms with Crippen LogP contribution in [0.2, 0.25) is 5.02 Å². The molecule has 0 aliphatic rings. The minimum absolute atomic E-state index is 0.165. The van der Waals surface area contributed by atoms with Gasteiger partial charge in [-0.1, -0.05) is 41.4 Å². The summed E-state index contributed by atoms with van der Waals surface area (Å²) < 4.78 is 0.846. The molecule has 0 spiro atoms. The molecule has 2 aromatic carbocycles. The Hall–Kier alpha value is -4.29. The molecular formula is C21H13ClN4O5. The molecule has 1 heterocycles. The monoisotopic (exact) mass is 436 g/mol. The Morgan fingerprint density at radius 3 is 2.52 bits per heavy atom. The van der Waals surface area contributed by atoms with Crippen molar-refractivity contribution in [2.45, 2.75) is 6.92 Å². The second-order valence-corrected chi connectivity index (χ2v) is 6.81. The molecule has 0 radical (unpaired) electrons. The summed E-state index contributed by atoms with van der Waals surface area (Å²) in [5.41, 5.74) is -0.807. The fourth-order valence-corrected chi connectivity index (χ4v) is 2.95. The Kier molecular flexibility index (Phi) is 5.95. The number of halogens is 1. The van der Waals surface area contributed by atoms with Crippen LogP contribution in [0.3, 0.4) is 0 Å².